The first-order valence-corrected chi connectivity index (χ1v) is 8.97. The minimum absolute atomic E-state index is 0. The molecule has 4 nitrogen and oxygen atoms in total. The highest BCUT2D eigenvalue weighted by atomic mass is 35.5. The summed E-state index contributed by atoms with van der Waals surface area (Å²) in [4.78, 5) is 14.3. The zero-order chi connectivity index (χ0) is 17.6. The molecule has 26 heavy (non-hydrogen) atoms. The van der Waals surface area contributed by atoms with Gasteiger partial charge in [-0.25, -0.2) is 0 Å². The molecule has 1 amide bonds. The number of carbonyl (C=O) groups is 1. The Kier molecular flexibility index (Phi) is 7.76. The van der Waals surface area contributed by atoms with E-state index in [-0.39, 0.29) is 24.4 Å². The van der Waals surface area contributed by atoms with Gasteiger partial charge in [0.05, 0.1) is 6.42 Å². The average molecular weight is 395 g/mol. The number of piperidine rings is 1. The third-order valence-electron chi connectivity index (χ3n) is 4.44. The molecule has 1 fully saturated rings. The Labute approximate surface area is 165 Å². The second-order valence-electron chi connectivity index (χ2n) is 6.46. The Hall–Kier alpha value is -1.75. The molecule has 1 heterocycles. The number of nitrogens with zero attached hydrogens (tertiary/aromatic N) is 1. The van der Waals surface area contributed by atoms with Crippen molar-refractivity contribution >= 4 is 29.9 Å². The number of benzene rings is 2. The summed E-state index contributed by atoms with van der Waals surface area (Å²) in [5, 5.41) is 0.696. The summed E-state index contributed by atoms with van der Waals surface area (Å²) >= 11 is 5.99. The number of halogens is 2. The minimum Gasteiger partial charge on any atom is -0.489 e. The molecule has 6 heteroatoms. The predicted molar refractivity (Wildman–Crippen MR) is 107 cm³/mol. The minimum atomic E-state index is 0. The van der Waals surface area contributed by atoms with Gasteiger partial charge in [-0.3, -0.25) is 4.79 Å². The molecule has 140 valence electrons. The smallest absolute Gasteiger partial charge is 0.226 e. The van der Waals surface area contributed by atoms with Gasteiger partial charge in [0.25, 0.3) is 0 Å². The highest BCUT2D eigenvalue weighted by Gasteiger charge is 2.20. The van der Waals surface area contributed by atoms with Crippen LogP contribution in [0.4, 0.5) is 0 Å². The maximum atomic E-state index is 12.4. The van der Waals surface area contributed by atoms with E-state index < -0.39 is 0 Å². The van der Waals surface area contributed by atoms with Gasteiger partial charge >= 0.3 is 0 Å². The lowest BCUT2D eigenvalue weighted by Crippen LogP contribution is -2.43. The summed E-state index contributed by atoms with van der Waals surface area (Å²) < 4.78 is 5.83. The quantitative estimate of drug-likeness (QED) is 0.837. The molecule has 0 unspecified atom stereocenters. The van der Waals surface area contributed by atoms with E-state index in [2.05, 4.69) is 0 Å². The standard InChI is InChI=1S/C20H23ClN2O2.ClH/c21-17-5-1-4-16(11-17)14-25-19-6-2-3-15(12-19)13-20(24)23-9-7-18(22)8-10-23;/h1-6,11-12,18H,7-10,13-14,22H2;1H. The molecular formula is C20H24Cl2N2O2. The first kappa shape index (κ1) is 20.6. The summed E-state index contributed by atoms with van der Waals surface area (Å²) in [5.41, 5.74) is 7.87. The molecule has 0 atom stereocenters. The van der Waals surface area contributed by atoms with E-state index >= 15 is 0 Å². The Morgan fingerprint density at radius 2 is 1.81 bits per heavy atom. The van der Waals surface area contributed by atoms with Crippen LogP contribution in [-0.2, 0) is 17.8 Å². The van der Waals surface area contributed by atoms with Gasteiger partial charge < -0.3 is 15.4 Å². The molecular weight excluding hydrogens is 371 g/mol. The van der Waals surface area contributed by atoms with Crippen molar-refractivity contribution in [3.8, 4) is 5.75 Å². The third kappa shape index (κ3) is 5.90. The van der Waals surface area contributed by atoms with Crippen molar-refractivity contribution in [2.45, 2.75) is 31.9 Å². The van der Waals surface area contributed by atoms with Crippen LogP contribution in [0.3, 0.4) is 0 Å². The molecule has 0 bridgehead atoms. The van der Waals surface area contributed by atoms with Crippen LogP contribution in [0, 0.1) is 0 Å². The molecule has 1 saturated heterocycles. The Bertz CT molecular complexity index is 731. The SMILES string of the molecule is Cl.NC1CCN(C(=O)Cc2cccc(OCc3cccc(Cl)c3)c2)CC1. The van der Waals surface area contributed by atoms with Gasteiger partial charge in [-0.1, -0.05) is 35.9 Å². The van der Waals surface area contributed by atoms with Crippen molar-refractivity contribution < 1.29 is 9.53 Å². The molecule has 0 radical (unpaired) electrons. The molecule has 0 aliphatic carbocycles. The van der Waals surface area contributed by atoms with Crippen molar-refractivity contribution in [3.63, 3.8) is 0 Å². The van der Waals surface area contributed by atoms with Crippen molar-refractivity contribution in [1.29, 1.82) is 0 Å². The second kappa shape index (κ2) is 9.81. The highest BCUT2D eigenvalue weighted by molar-refractivity contribution is 6.30. The fourth-order valence-corrected chi connectivity index (χ4v) is 3.19. The summed E-state index contributed by atoms with van der Waals surface area (Å²) in [6.45, 7) is 1.96. The van der Waals surface area contributed by atoms with E-state index in [1.165, 1.54) is 0 Å². The Morgan fingerprint density at radius 3 is 2.54 bits per heavy atom. The van der Waals surface area contributed by atoms with Gasteiger partial charge in [0.2, 0.25) is 5.91 Å². The molecule has 2 aromatic carbocycles. The number of amides is 1. The summed E-state index contributed by atoms with van der Waals surface area (Å²) in [6, 6.07) is 15.5. The van der Waals surface area contributed by atoms with Crippen LogP contribution in [0.1, 0.15) is 24.0 Å². The van der Waals surface area contributed by atoms with Crippen LogP contribution >= 0.6 is 24.0 Å². The summed E-state index contributed by atoms with van der Waals surface area (Å²) in [6.07, 6.45) is 2.16. The van der Waals surface area contributed by atoms with Crippen LogP contribution in [0.5, 0.6) is 5.75 Å². The van der Waals surface area contributed by atoms with Crippen LogP contribution in [0.15, 0.2) is 48.5 Å². The first-order chi connectivity index (χ1) is 12.1. The van der Waals surface area contributed by atoms with Crippen molar-refractivity contribution in [1.82, 2.24) is 4.90 Å². The molecule has 1 aliphatic rings. The zero-order valence-electron chi connectivity index (χ0n) is 14.6. The third-order valence-corrected chi connectivity index (χ3v) is 4.68. The lowest BCUT2D eigenvalue weighted by molar-refractivity contribution is -0.131. The van der Waals surface area contributed by atoms with Gasteiger partial charge in [-0.15, -0.1) is 12.4 Å². The van der Waals surface area contributed by atoms with Crippen LogP contribution in [0.25, 0.3) is 0 Å². The molecule has 2 N–H and O–H groups in total. The lowest BCUT2D eigenvalue weighted by atomic mass is 10.0. The zero-order valence-corrected chi connectivity index (χ0v) is 16.1. The highest BCUT2D eigenvalue weighted by Crippen LogP contribution is 2.18. The van der Waals surface area contributed by atoms with Crippen LogP contribution < -0.4 is 10.5 Å². The fourth-order valence-electron chi connectivity index (χ4n) is 2.97. The van der Waals surface area contributed by atoms with Crippen LogP contribution in [-0.4, -0.2) is 29.9 Å². The number of rotatable bonds is 5. The number of carbonyl (C=O) groups excluding carboxylic acids is 1. The number of hydrogen-bond acceptors (Lipinski definition) is 3. The normalized spacial score (nSPS) is 14.6. The molecule has 2 aromatic rings. The number of nitrogens with two attached hydrogens (primary N) is 1. The van der Waals surface area contributed by atoms with E-state index in [1.54, 1.807) is 0 Å². The van der Waals surface area contributed by atoms with Gasteiger partial charge in [0.15, 0.2) is 0 Å². The maximum absolute atomic E-state index is 12.4. The van der Waals surface area contributed by atoms with Crippen molar-refractivity contribution in [2.75, 3.05) is 13.1 Å². The monoisotopic (exact) mass is 394 g/mol. The molecule has 1 aliphatic heterocycles. The molecule has 0 aromatic heterocycles. The average Bonchev–Trinajstić information content (AvgIpc) is 2.61. The largest absolute Gasteiger partial charge is 0.489 e. The maximum Gasteiger partial charge on any atom is 0.226 e. The topological polar surface area (TPSA) is 55.6 Å². The van der Waals surface area contributed by atoms with E-state index in [1.807, 2.05) is 53.4 Å². The Morgan fingerprint density at radius 1 is 1.12 bits per heavy atom. The second-order valence-corrected chi connectivity index (χ2v) is 6.90. The van der Waals surface area contributed by atoms with E-state index in [4.69, 9.17) is 22.1 Å². The van der Waals surface area contributed by atoms with E-state index in [0.29, 0.717) is 18.1 Å². The summed E-state index contributed by atoms with van der Waals surface area (Å²) in [7, 11) is 0. The van der Waals surface area contributed by atoms with Crippen molar-refractivity contribution in [3.05, 3.63) is 64.7 Å². The van der Waals surface area contributed by atoms with Gasteiger partial charge in [0, 0.05) is 24.2 Å². The predicted octanol–water partition coefficient (Wildman–Crippen LogP) is 3.83. The van der Waals surface area contributed by atoms with Gasteiger partial charge in [-0.05, 0) is 48.2 Å². The van der Waals surface area contributed by atoms with Gasteiger partial charge in [-0.2, -0.15) is 0 Å². The number of likely N-dealkylation sites (tertiary alicyclic amines) is 1. The van der Waals surface area contributed by atoms with E-state index in [9.17, 15) is 4.79 Å². The lowest BCUT2D eigenvalue weighted by Gasteiger charge is -2.30. The molecule has 0 spiro atoms. The van der Waals surface area contributed by atoms with Crippen molar-refractivity contribution in [2.24, 2.45) is 5.73 Å². The fraction of sp³-hybridized carbons (Fsp3) is 0.350. The number of hydrogen-bond donors (Lipinski definition) is 1. The first-order valence-electron chi connectivity index (χ1n) is 8.60. The van der Waals surface area contributed by atoms with Gasteiger partial charge in [0.1, 0.15) is 12.4 Å². The molecule has 3 rings (SSSR count). The van der Waals surface area contributed by atoms with Crippen LogP contribution in [0.2, 0.25) is 5.02 Å². The summed E-state index contributed by atoms with van der Waals surface area (Å²) in [5.74, 6) is 0.907. The Balaban J connectivity index is 0.00000243. The number of ether oxygens (including phenoxy) is 1. The van der Waals surface area contributed by atoms with E-state index in [0.717, 1.165) is 42.8 Å². The molecule has 0 saturated carbocycles.